The summed E-state index contributed by atoms with van der Waals surface area (Å²) in [7, 11) is -3.74. The Morgan fingerprint density at radius 2 is 1.50 bits per heavy atom. The zero-order valence-electron chi connectivity index (χ0n) is 16.2. The second-order valence-corrected chi connectivity index (χ2v) is 8.83. The minimum atomic E-state index is -3.74. The number of nitrogens with zero attached hydrogens (tertiary/aromatic N) is 1. The molecule has 1 N–H and O–H groups in total. The minimum Gasteiger partial charge on any atom is -0.436 e. The number of sulfonamides is 1. The number of para-hydroxylation sites is 1. The standard InChI is InChI=1S/C24H18N2O3S/c1-16-10-12-19(13-11-16)30(27,28)26-21-9-5-4-8-20(21)24-25-22-14-17-6-2-3-7-18(17)15-23(22)29-24/h2-15,26H,1H3. The van der Waals surface area contributed by atoms with Gasteiger partial charge in [0.05, 0.1) is 16.1 Å². The number of aryl methyl sites for hydroxylation is 1. The van der Waals surface area contributed by atoms with Gasteiger partial charge in [-0.15, -0.1) is 0 Å². The van der Waals surface area contributed by atoms with E-state index >= 15 is 0 Å². The van der Waals surface area contributed by atoms with Crippen LogP contribution < -0.4 is 4.72 Å². The lowest BCUT2D eigenvalue weighted by Crippen LogP contribution is -2.13. The lowest BCUT2D eigenvalue weighted by atomic mass is 10.1. The molecule has 5 rings (SSSR count). The van der Waals surface area contributed by atoms with Crippen molar-refractivity contribution in [3.8, 4) is 11.5 Å². The largest absolute Gasteiger partial charge is 0.436 e. The first-order valence-electron chi connectivity index (χ1n) is 9.48. The lowest BCUT2D eigenvalue weighted by molar-refractivity contribution is 0.601. The van der Waals surface area contributed by atoms with E-state index in [4.69, 9.17) is 4.42 Å². The summed E-state index contributed by atoms with van der Waals surface area (Å²) >= 11 is 0. The summed E-state index contributed by atoms with van der Waals surface area (Å²) in [5.74, 6) is 0.363. The highest BCUT2D eigenvalue weighted by Gasteiger charge is 2.19. The Morgan fingerprint density at radius 1 is 0.833 bits per heavy atom. The molecule has 0 unspecified atom stereocenters. The number of aromatic nitrogens is 1. The van der Waals surface area contributed by atoms with Crippen molar-refractivity contribution in [1.29, 1.82) is 0 Å². The molecular formula is C24H18N2O3S. The fourth-order valence-corrected chi connectivity index (χ4v) is 4.49. The van der Waals surface area contributed by atoms with Gasteiger partial charge in [0.25, 0.3) is 10.0 Å². The summed E-state index contributed by atoms with van der Waals surface area (Å²) in [6, 6.07) is 25.7. The van der Waals surface area contributed by atoms with Crippen LogP contribution in [0.3, 0.4) is 0 Å². The molecule has 0 radical (unpaired) electrons. The zero-order valence-corrected chi connectivity index (χ0v) is 17.0. The molecule has 0 aliphatic rings. The number of nitrogens with one attached hydrogen (secondary N) is 1. The Balaban J connectivity index is 1.58. The smallest absolute Gasteiger partial charge is 0.261 e. The van der Waals surface area contributed by atoms with E-state index in [9.17, 15) is 8.42 Å². The fraction of sp³-hybridized carbons (Fsp3) is 0.0417. The van der Waals surface area contributed by atoms with Gasteiger partial charge < -0.3 is 4.42 Å². The van der Waals surface area contributed by atoms with Gasteiger partial charge >= 0.3 is 0 Å². The highest BCUT2D eigenvalue weighted by Crippen LogP contribution is 2.33. The number of hydrogen-bond donors (Lipinski definition) is 1. The molecule has 148 valence electrons. The van der Waals surface area contributed by atoms with Crippen molar-refractivity contribution in [2.45, 2.75) is 11.8 Å². The van der Waals surface area contributed by atoms with Crippen LogP contribution in [0.2, 0.25) is 0 Å². The molecule has 0 fully saturated rings. The van der Waals surface area contributed by atoms with E-state index in [1.54, 1.807) is 42.5 Å². The molecule has 30 heavy (non-hydrogen) atoms. The van der Waals surface area contributed by atoms with Crippen LogP contribution in [-0.2, 0) is 10.0 Å². The number of hydrogen-bond acceptors (Lipinski definition) is 4. The predicted molar refractivity (Wildman–Crippen MR) is 119 cm³/mol. The number of anilines is 1. The lowest BCUT2D eigenvalue weighted by Gasteiger charge is -2.11. The molecule has 1 aromatic heterocycles. The molecule has 0 atom stereocenters. The van der Waals surface area contributed by atoms with Gasteiger partial charge in [-0.2, -0.15) is 0 Å². The number of benzene rings is 4. The van der Waals surface area contributed by atoms with Crippen LogP contribution in [0.4, 0.5) is 5.69 Å². The topological polar surface area (TPSA) is 72.2 Å². The second-order valence-electron chi connectivity index (χ2n) is 7.15. The average Bonchev–Trinajstić information content (AvgIpc) is 3.15. The molecule has 5 aromatic rings. The van der Waals surface area contributed by atoms with Crippen LogP contribution in [0.5, 0.6) is 0 Å². The Labute approximate surface area is 174 Å². The van der Waals surface area contributed by atoms with Crippen LogP contribution >= 0.6 is 0 Å². The van der Waals surface area contributed by atoms with Crippen molar-refractivity contribution < 1.29 is 12.8 Å². The second kappa shape index (κ2) is 7.00. The first-order chi connectivity index (χ1) is 14.5. The molecule has 0 aliphatic heterocycles. The molecule has 0 bridgehead atoms. The highest BCUT2D eigenvalue weighted by molar-refractivity contribution is 7.92. The van der Waals surface area contributed by atoms with Gasteiger partial charge in [0.15, 0.2) is 5.58 Å². The third-order valence-corrected chi connectivity index (χ3v) is 6.37. The Bertz CT molecular complexity index is 1430. The molecule has 6 heteroatoms. The summed E-state index contributed by atoms with van der Waals surface area (Å²) in [6.45, 7) is 1.91. The monoisotopic (exact) mass is 414 g/mol. The zero-order chi connectivity index (χ0) is 20.7. The van der Waals surface area contributed by atoms with Gasteiger partial charge in [0, 0.05) is 0 Å². The molecule has 0 saturated carbocycles. The van der Waals surface area contributed by atoms with Crippen molar-refractivity contribution in [1.82, 2.24) is 4.98 Å². The van der Waals surface area contributed by atoms with Crippen molar-refractivity contribution in [2.24, 2.45) is 0 Å². The molecule has 0 spiro atoms. The first kappa shape index (κ1) is 18.4. The van der Waals surface area contributed by atoms with Crippen LogP contribution in [0.1, 0.15) is 5.56 Å². The van der Waals surface area contributed by atoms with Crippen LogP contribution in [0.25, 0.3) is 33.3 Å². The van der Waals surface area contributed by atoms with Gasteiger partial charge in [0.1, 0.15) is 5.52 Å². The third-order valence-electron chi connectivity index (χ3n) is 4.99. The molecule has 4 aromatic carbocycles. The van der Waals surface area contributed by atoms with E-state index in [1.165, 1.54) is 0 Å². The summed E-state index contributed by atoms with van der Waals surface area (Å²) in [6.07, 6.45) is 0. The predicted octanol–water partition coefficient (Wildman–Crippen LogP) is 5.76. The molecule has 1 heterocycles. The Morgan fingerprint density at radius 3 is 2.27 bits per heavy atom. The Hall–Kier alpha value is -3.64. The van der Waals surface area contributed by atoms with E-state index in [-0.39, 0.29) is 4.90 Å². The summed E-state index contributed by atoms with van der Waals surface area (Å²) in [5, 5.41) is 2.12. The average molecular weight is 414 g/mol. The van der Waals surface area contributed by atoms with Gasteiger partial charge in [-0.25, -0.2) is 13.4 Å². The van der Waals surface area contributed by atoms with Crippen molar-refractivity contribution >= 4 is 37.6 Å². The van der Waals surface area contributed by atoms with E-state index in [1.807, 2.05) is 49.4 Å². The maximum Gasteiger partial charge on any atom is 0.261 e. The van der Waals surface area contributed by atoms with Crippen molar-refractivity contribution in [3.05, 3.63) is 90.5 Å². The Kier molecular flexibility index (Phi) is 4.29. The molecule has 5 nitrogen and oxygen atoms in total. The SMILES string of the molecule is Cc1ccc(S(=O)(=O)Nc2ccccc2-c2nc3cc4ccccc4cc3o2)cc1. The first-order valence-corrected chi connectivity index (χ1v) is 11.0. The third kappa shape index (κ3) is 3.31. The maximum absolute atomic E-state index is 12.9. The van der Waals surface area contributed by atoms with Gasteiger partial charge in [-0.05, 0) is 54.1 Å². The quantitative estimate of drug-likeness (QED) is 0.406. The highest BCUT2D eigenvalue weighted by atomic mass is 32.2. The molecule has 0 amide bonds. The van der Waals surface area contributed by atoms with Crippen LogP contribution in [0, 0.1) is 6.92 Å². The van der Waals surface area contributed by atoms with Gasteiger partial charge in [-0.3, -0.25) is 4.72 Å². The number of fused-ring (bicyclic) bond motifs is 2. The van der Waals surface area contributed by atoms with E-state index < -0.39 is 10.0 Å². The van der Waals surface area contributed by atoms with Crippen molar-refractivity contribution in [3.63, 3.8) is 0 Å². The summed E-state index contributed by atoms with van der Waals surface area (Å²) in [4.78, 5) is 4.81. The minimum absolute atomic E-state index is 0.201. The van der Waals surface area contributed by atoms with Gasteiger partial charge in [-0.1, -0.05) is 54.1 Å². The molecule has 0 saturated heterocycles. The number of rotatable bonds is 4. The maximum atomic E-state index is 12.9. The molecule has 0 aliphatic carbocycles. The summed E-state index contributed by atoms with van der Waals surface area (Å²) < 4.78 is 34.4. The van der Waals surface area contributed by atoms with Gasteiger partial charge in [0.2, 0.25) is 5.89 Å². The van der Waals surface area contributed by atoms with Crippen molar-refractivity contribution in [2.75, 3.05) is 4.72 Å². The van der Waals surface area contributed by atoms with Crippen LogP contribution in [-0.4, -0.2) is 13.4 Å². The van der Waals surface area contributed by atoms with Crippen LogP contribution in [0.15, 0.2) is 94.2 Å². The normalized spacial score (nSPS) is 11.8. The number of oxazole rings is 1. The fourth-order valence-electron chi connectivity index (χ4n) is 3.41. The molecular weight excluding hydrogens is 396 g/mol. The van der Waals surface area contributed by atoms with E-state index in [0.29, 0.717) is 22.7 Å². The van der Waals surface area contributed by atoms with E-state index in [2.05, 4.69) is 9.71 Å². The summed E-state index contributed by atoms with van der Waals surface area (Å²) in [5.41, 5.74) is 3.36. The van der Waals surface area contributed by atoms with E-state index in [0.717, 1.165) is 21.9 Å².